The number of carbonyl (C=O) groups is 2. The normalized spacial score (nSPS) is 16.1. The van der Waals surface area contributed by atoms with Crippen molar-refractivity contribution in [3.8, 4) is 0 Å². The molecule has 2 atom stereocenters. The smallest absolute Gasteiger partial charge is 0.430 e. The summed E-state index contributed by atoms with van der Waals surface area (Å²) in [6.45, 7) is 0.988. The summed E-state index contributed by atoms with van der Waals surface area (Å²) in [6.07, 6.45) is -5.29. The first kappa shape index (κ1) is 16.0. The van der Waals surface area contributed by atoms with Gasteiger partial charge in [0.2, 0.25) is 0 Å². The number of carboxylic acids is 1. The largest absolute Gasteiger partial charge is 0.480 e. The van der Waals surface area contributed by atoms with Gasteiger partial charge in [-0.3, -0.25) is 9.59 Å². The van der Waals surface area contributed by atoms with Gasteiger partial charge in [-0.1, -0.05) is 30.3 Å². The van der Waals surface area contributed by atoms with Gasteiger partial charge < -0.3 is 15.5 Å². The molecule has 0 saturated carbocycles. The SMILES string of the molecule is CC(NC(=O)C(O)(c1ccccc1)C(F)(F)F)C(=O)O. The minimum atomic E-state index is -5.29. The zero-order valence-corrected chi connectivity index (χ0v) is 10.3. The maximum atomic E-state index is 13.0. The number of nitrogens with one attached hydrogen (secondary N) is 1. The van der Waals surface area contributed by atoms with Gasteiger partial charge in [-0.05, 0) is 6.92 Å². The van der Waals surface area contributed by atoms with E-state index in [0.29, 0.717) is 0 Å². The average molecular weight is 291 g/mol. The van der Waals surface area contributed by atoms with Crippen molar-refractivity contribution in [3.63, 3.8) is 0 Å². The highest BCUT2D eigenvalue weighted by atomic mass is 19.4. The fraction of sp³-hybridized carbons (Fsp3) is 0.333. The zero-order chi connectivity index (χ0) is 15.6. The molecule has 3 N–H and O–H groups in total. The van der Waals surface area contributed by atoms with E-state index in [-0.39, 0.29) is 0 Å². The maximum absolute atomic E-state index is 13.0. The molecule has 0 spiro atoms. The number of rotatable bonds is 4. The lowest BCUT2D eigenvalue weighted by atomic mass is 9.92. The van der Waals surface area contributed by atoms with Gasteiger partial charge in [0.15, 0.2) is 0 Å². The Hall–Kier alpha value is -2.09. The van der Waals surface area contributed by atoms with Crippen molar-refractivity contribution in [1.29, 1.82) is 0 Å². The fourth-order valence-corrected chi connectivity index (χ4v) is 1.47. The number of aliphatic carboxylic acids is 1. The van der Waals surface area contributed by atoms with Crippen LogP contribution in [0.2, 0.25) is 0 Å². The number of amides is 1. The lowest BCUT2D eigenvalue weighted by molar-refractivity contribution is -0.257. The standard InChI is InChI=1S/C12H12F3NO4/c1-7(9(17)18)16-10(19)11(20,12(13,14)15)8-5-3-2-4-6-8/h2-7,20H,1H3,(H,16,19)(H,17,18). The van der Waals surface area contributed by atoms with E-state index in [1.165, 1.54) is 18.2 Å². The molecule has 0 aliphatic carbocycles. The third-order valence-electron chi connectivity index (χ3n) is 2.65. The van der Waals surface area contributed by atoms with Crippen LogP contribution in [0.3, 0.4) is 0 Å². The number of hydrogen-bond acceptors (Lipinski definition) is 3. The second-order valence-electron chi connectivity index (χ2n) is 4.11. The molecule has 1 amide bonds. The first-order valence-corrected chi connectivity index (χ1v) is 5.49. The van der Waals surface area contributed by atoms with E-state index in [2.05, 4.69) is 0 Å². The number of carbonyl (C=O) groups excluding carboxylic acids is 1. The van der Waals surface area contributed by atoms with E-state index in [1.54, 1.807) is 5.32 Å². The Balaban J connectivity index is 3.21. The Kier molecular flexibility index (Phi) is 4.39. The molecule has 0 fully saturated rings. The monoisotopic (exact) mass is 291 g/mol. The Morgan fingerprint density at radius 3 is 2.10 bits per heavy atom. The Morgan fingerprint density at radius 1 is 1.20 bits per heavy atom. The van der Waals surface area contributed by atoms with E-state index in [0.717, 1.165) is 19.1 Å². The van der Waals surface area contributed by atoms with Crippen LogP contribution in [0.5, 0.6) is 0 Å². The zero-order valence-electron chi connectivity index (χ0n) is 10.3. The molecule has 0 bridgehead atoms. The first-order chi connectivity index (χ1) is 9.10. The topological polar surface area (TPSA) is 86.6 Å². The van der Waals surface area contributed by atoms with Crippen LogP contribution in [0.15, 0.2) is 30.3 Å². The second-order valence-corrected chi connectivity index (χ2v) is 4.11. The van der Waals surface area contributed by atoms with Crippen LogP contribution in [-0.2, 0) is 15.2 Å². The van der Waals surface area contributed by atoms with Crippen LogP contribution in [0.4, 0.5) is 13.2 Å². The molecule has 2 unspecified atom stereocenters. The molecule has 0 heterocycles. The van der Waals surface area contributed by atoms with Crippen molar-refractivity contribution >= 4 is 11.9 Å². The number of carboxylic acid groups (broad SMARTS) is 1. The van der Waals surface area contributed by atoms with E-state index in [9.17, 15) is 27.9 Å². The van der Waals surface area contributed by atoms with E-state index >= 15 is 0 Å². The lowest BCUT2D eigenvalue weighted by Gasteiger charge is -2.30. The number of alkyl halides is 3. The van der Waals surface area contributed by atoms with Crippen molar-refractivity contribution in [3.05, 3.63) is 35.9 Å². The number of benzene rings is 1. The number of aliphatic hydroxyl groups is 1. The van der Waals surface area contributed by atoms with Crippen LogP contribution in [0.25, 0.3) is 0 Å². The summed E-state index contributed by atoms with van der Waals surface area (Å²) in [6, 6.07) is 4.15. The van der Waals surface area contributed by atoms with Gasteiger partial charge in [0.25, 0.3) is 11.5 Å². The molecule has 20 heavy (non-hydrogen) atoms. The summed E-state index contributed by atoms with van der Waals surface area (Å²) in [5, 5.41) is 20.0. The van der Waals surface area contributed by atoms with Gasteiger partial charge in [0.05, 0.1) is 0 Å². The molecule has 1 aromatic carbocycles. The van der Waals surface area contributed by atoms with E-state index < -0.39 is 35.3 Å². The summed E-state index contributed by atoms with van der Waals surface area (Å²) < 4.78 is 39.1. The third-order valence-corrected chi connectivity index (χ3v) is 2.65. The van der Waals surface area contributed by atoms with Crippen LogP contribution in [-0.4, -0.2) is 34.3 Å². The van der Waals surface area contributed by atoms with Gasteiger partial charge >= 0.3 is 12.1 Å². The number of halogens is 3. The minimum absolute atomic E-state index is 0.692. The predicted octanol–water partition coefficient (Wildman–Crippen LogP) is 1.03. The Bertz CT molecular complexity index is 503. The van der Waals surface area contributed by atoms with Crippen LogP contribution in [0.1, 0.15) is 12.5 Å². The van der Waals surface area contributed by atoms with Gasteiger partial charge in [-0.15, -0.1) is 0 Å². The van der Waals surface area contributed by atoms with Crippen LogP contribution in [0, 0.1) is 0 Å². The lowest BCUT2D eigenvalue weighted by Crippen LogP contribution is -2.57. The molecular weight excluding hydrogens is 279 g/mol. The summed E-state index contributed by atoms with van der Waals surface area (Å²) in [7, 11) is 0. The molecule has 1 aromatic rings. The van der Waals surface area contributed by atoms with Crippen molar-refractivity contribution in [2.45, 2.75) is 24.7 Å². The van der Waals surface area contributed by atoms with Gasteiger partial charge in [0, 0.05) is 5.56 Å². The van der Waals surface area contributed by atoms with Gasteiger partial charge in [-0.25, -0.2) is 0 Å². The molecular formula is C12H12F3NO4. The quantitative estimate of drug-likeness (QED) is 0.773. The summed E-state index contributed by atoms with van der Waals surface area (Å²) in [5.74, 6) is -3.36. The molecule has 0 aliphatic heterocycles. The van der Waals surface area contributed by atoms with E-state index in [4.69, 9.17) is 5.11 Å². The van der Waals surface area contributed by atoms with Crippen LogP contribution < -0.4 is 5.32 Å². The number of hydrogen-bond donors (Lipinski definition) is 3. The molecule has 0 saturated heterocycles. The Morgan fingerprint density at radius 2 is 1.70 bits per heavy atom. The highest BCUT2D eigenvalue weighted by Crippen LogP contribution is 2.39. The maximum Gasteiger partial charge on any atom is 0.430 e. The molecule has 0 radical (unpaired) electrons. The molecule has 8 heteroatoms. The molecule has 1 rings (SSSR count). The third kappa shape index (κ3) is 2.90. The first-order valence-electron chi connectivity index (χ1n) is 5.49. The van der Waals surface area contributed by atoms with Crippen molar-refractivity contribution in [2.75, 3.05) is 0 Å². The average Bonchev–Trinajstić information content (AvgIpc) is 2.37. The minimum Gasteiger partial charge on any atom is -0.480 e. The molecule has 110 valence electrons. The van der Waals surface area contributed by atoms with E-state index in [1.807, 2.05) is 0 Å². The highest BCUT2D eigenvalue weighted by molar-refractivity contribution is 5.90. The summed E-state index contributed by atoms with van der Waals surface area (Å²) >= 11 is 0. The van der Waals surface area contributed by atoms with Gasteiger partial charge in [-0.2, -0.15) is 13.2 Å². The Labute approximate surface area is 112 Å². The second kappa shape index (κ2) is 5.49. The predicted molar refractivity (Wildman–Crippen MR) is 61.6 cm³/mol. The van der Waals surface area contributed by atoms with Crippen molar-refractivity contribution in [2.24, 2.45) is 0 Å². The summed E-state index contributed by atoms with van der Waals surface area (Å²) in [4.78, 5) is 22.3. The van der Waals surface area contributed by atoms with Crippen molar-refractivity contribution < 1.29 is 33.0 Å². The van der Waals surface area contributed by atoms with Crippen LogP contribution >= 0.6 is 0 Å². The fourth-order valence-electron chi connectivity index (χ4n) is 1.47. The van der Waals surface area contributed by atoms with Crippen molar-refractivity contribution in [1.82, 2.24) is 5.32 Å². The molecule has 0 aromatic heterocycles. The summed E-state index contributed by atoms with van der Waals surface area (Å²) in [5.41, 5.74) is -4.50. The van der Waals surface area contributed by atoms with Gasteiger partial charge in [0.1, 0.15) is 6.04 Å². The molecule has 0 aliphatic rings. The molecule has 5 nitrogen and oxygen atoms in total. The highest BCUT2D eigenvalue weighted by Gasteiger charge is 2.61.